The number of anilines is 1. The fourth-order valence-electron chi connectivity index (χ4n) is 2.47. The lowest BCUT2D eigenvalue weighted by molar-refractivity contribution is 0.177. The molecule has 0 spiro atoms. The lowest BCUT2D eigenvalue weighted by atomic mass is 9.90. The van der Waals surface area contributed by atoms with E-state index < -0.39 is 5.54 Å². The molecule has 1 atom stereocenters. The maximum atomic E-state index is 9.36. The van der Waals surface area contributed by atoms with E-state index in [-0.39, 0.29) is 6.61 Å². The Hall–Kier alpha value is -0.770. The van der Waals surface area contributed by atoms with Crippen LogP contribution in [0.3, 0.4) is 0 Å². The first-order chi connectivity index (χ1) is 8.04. The molecule has 4 heteroatoms. The first-order valence-electron chi connectivity index (χ1n) is 5.95. The second kappa shape index (κ2) is 4.84. The SMILES string of the molecule is Cc1cc(Cl)ccc1N1CCCC(N)(CO)C1. The number of benzene rings is 1. The van der Waals surface area contributed by atoms with Crippen molar-refractivity contribution >= 4 is 17.3 Å². The molecule has 1 heterocycles. The number of halogens is 1. The zero-order chi connectivity index (χ0) is 12.5. The van der Waals surface area contributed by atoms with E-state index >= 15 is 0 Å². The lowest BCUT2D eigenvalue weighted by Crippen LogP contribution is -2.56. The molecule has 1 aromatic carbocycles. The normalized spacial score (nSPS) is 25.1. The minimum atomic E-state index is -0.468. The second-order valence-corrected chi connectivity index (χ2v) is 5.41. The first kappa shape index (κ1) is 12.7. The van der Waals surface area contributed by atoms with Crippen molar-refractivity contribution in [3.8, 4) is 0 Å². The van der Waals surface area contributed by atoms with Crippen LogP contribution in [-0.2, 0) is 0 Å². The molecule has 0 saturated carbocycles. The van der Waals surface area contributed by atoms with Crippen molar-refractivity contribution in [2.75, 3.05) is 24.6 Å². The minimum Gasteiger partial charge on any atom is -0.394 e. The Balaban J connectivity index is 2.22. The van der Waals surface area contributed by atoms with Gasteiger partial charge in [-0.3, -0.25) is 0 Å². The summed E-state index contributed by atoms with van der Waals surface area (Å²) in [5, 5.41) is 10.1. The highest BCUT2D eigenvalue weighted by Gasteiger charge is 2.31. The summed E-state index contributed by atoms with van der Waals surface area (Å²) >= 11 is 5.96. The molecule has 0 amide bonds. The van der Waals surface area contributed by atoms with Crippen LogP contribution in [0.1, 0.15) is 18.4 Å². The van der Waals surface area contributed by atoms with Gasteiger partial charge in [0.1, 0.15) is 0 Å². The zero-order valence-corrected chi connectivity index (χ0v) is 10.9. The van der Waals surface area contributed by atoms with Crippen molar-refractivity contribution in [3.63, 3.8) is 0 Å². The largest absolute Gasteiger partial charge is 0.394 e. The van der Waals surface area contributed by atoms with Crippen LogP contribution in [0.5, 0.6) is 0 Å². The number of aryl methyl sites for hydroxylation is 1. The fourth-order valence-corrected chi connectivity index (χ4v) is 2.70. The molecule has 17 heavy (non-hydrogen) atoms. The van der Waals surface area contributed by atoms with Crippen molar-refractivity contribution < 1.29 is 5.11 Å². The quantitative estimate of drug-likeness (QED) is 0.848. The van der Waals surface area contributed by atoms with Crippen LogP contribution in [0.4, 0.5) is 5.69 Å². The Morgan fingerprint density at radius 2 is 2.29 bits per heavy atom. The highest BCUT2D eigenvalue weighted by atomic mass is 35.5. The van der Waals surface area contributed by atoms with E-state index in [9.17, 15) is 5.11 Å². The van der Waals surface area contributed by atoms with Gasteiger partial charge in [0.2, 0.25) is 0 Å². The van der Waals surface area contributed by atoms with Crippen LogP contribution in [0.2, 0.25) is 5.02 Å². The summed E-state index contributed by atoms with van der Waals surface area (Å²) in [5.74, 6) is 0. The summed E-state index contributed by atoms with van der Waals surface area (Å²) < 4.78 is 0. The molecule has 0 bridgehead atoms. The standard InChI is InChI=1S/C13H19ClN2O/c1-10-7-11(14)3-4-12(10)16-6-2-5-13(15,8-16)9-17/h3-4,7,17H,2,5-6,8-9,15H2,1H3. The van der Waals surface area contributed by atoms with Gasteiger partial charge in [-0.15, -0.1) is 0 Å². The van der Waals surface area contributed by atoms with Crippen molar-refractivity contribution in [2.45, 2.75) is 25.3 Å². The van der Waals surface area contributed by atoms with E-state index in [4.69, 9.17) is 17.3 Å². The summed E-state index contributed by atoms with van der Waals surface area (Å²) in [4.78, 5) is 2.24. The number of hydrogen-bond donors (Lipinski definition) is 2. The maximum absolute atomic E-state index is 9.36. The molecule has 2 rings (SSSR count). The van der Waals surface area contributed by atoms with Gasteiger partial charge in [-0.2, -0.15) is 0 Å². The monoisotopic (exact) mass is 254 g/mol. The number of nitrogens with zero attached hydrogens (tertiary/aromatic N) is 1. The topological polar surface area (TPSA) is 49.5 Å². The summed E-state index contributed by atoms with van der Waals surface area (Å²) in [7, 11) is 0. The van der Waals surface area contributed by atoms with Crippen molar-refractivity contribution in [1.82, 2.24) is 0 Å². The molecule has 1 saturated heterocycles. The number of rotatable bonds is 2. The van der Waals surface area contributed by atoms with E-state index in [0.717, 1.165) is 35.7 Å². The Kier molecular flexibility index (Phi) is 3.61. The number of piperidine rings is 1. The minimum absolute atomic E-state index is 0.0378. The average Bonchev–Trinajstić information content (AvgIpc) is 2.29. The van der Waals surface area contributed by atoms with Gasteiger partial charge in [-0.25, -0.2) is 0 Å². The van der Waals surface area contributed by atoms with Gasteiger partial charge >= 0.3 is 0 Å². The van der Waals surface area contributed by atoms with E-state index in [0.29, 0.717) is 6.54 Å². The highest BCUT2D eigenvalue weighted by Crippen LogP contribution is 2.28. The number of aliphatic hydroxyl groups excluding tert-OH is 1. The van der Waals surface area contributed by atoms with E-state index in [1.54, 1.807) is 0 Å². The van der Waals surface area contributed by atoms with Gasteiger partial charge in [0.15, 0.2) is 0 Å². The molecular weight excluding hydrogens is 236 g/mol. The van der Waals surface area contributed by atoms with E-state index in [1.807, 2.05) is 25.1 Å². The van der Waals surface area contributed by atoms with Crippen molar-refractivity contribution in [1.29, 1.82) is 0 Å². The van der Waals surface area contributed by atoms with Gasteiger partial charge < -0.3 is 15.7 Å². The molecule has 1 unspecified atom stereocenters. The predicted octanol–water partition coefficient (Wildman–Crippen LogP) is 1.94. The van der Waals surface area contributed by atoms with Crippen LogP contribution in [-0.4, -0.2) is 30.3 Å². The third kappa shape index (κ3) is 2.73. The Morgan fingerprint density at radius 3 is 2.94 bits per heavy atom. The summed E-state index contributed by atoms with van der Waals surface area (Å²) in [6.45, 7) is 3.77. The van der Waals surface area contributed by atoms with Crippen LogP contribution >= 0.6 is 11.6 Å². The van der Waals surface area contributed by atoms with Gasteiger partial charge in [-0.05, 0) is 43.5 Å². The second-order valence-electron chi connectivity index (χ2n) is 4.98. The first-order valence-corrected chi connectivity index (χ1v) is 6.33. The van der Waals surface area contributed by atoms with Gasteiger partial charge in [0.25, 0.3) is 0 Å². The molecule has 1 aromatic rings. The molecule has 0 aromatic heterocycles. The molecule has 94 valence electrons. The molecule has 3 N–H and O–H groups in total. The molecule has 0 aliphatic carbocycles. The Morgan fingerprint density at radius 1 is 1.53 bits per heavy atom. The smallest absolute Gasteiger partial charge is 0.0628 e. The molecule has 3 nitrogen and oxygen atoms in total. The molecule has 1 fully saturated rings. The van der Waals surface area contributed by atoms with E-state index in [2.05, 4.69) is 4.90 Å². The Bertz CT molecular complexity index is 410. The maximum Gasteiger partial charge on any atom is 0.0628 e. The fraction of sp³-hybridized carbons (Fsp3) is 0.538. The van der Waals surface area contributed by atoms with Crippen LogP contribution < -0.4 is 10.6 Å². The van der Waals surface area contributed by atoms with Gasteiger partial charge in [0, 0.05) is 23.8 Å². The van der Waals surface area contributed by atoms with Gasteiger partial charge in [-0.1, -0.05) is 11.6 Å². The van der Waals surface area contributed by atoms with Crippen LogP contribution in [0.25, 0.3) is 0 Å². The van der Waals surface area contributed by atoms with Gasteiger partial charge in [0.05, 0.1) is 12.1 Å². The third-order valence-electron chi connectivity index (χ3n) is 3.42. The van der Waals surface area contributed by atoms with Crippen LogP contribution in [0.15, 0.2) is 18.2 Å². The number of nitrogens with two attached hydrogens (primary N) is 1. The third-order valence-corrected chi connectivity index (χ3v) is 3.66. The number of hydrogen-bond acceptors (Lipinski definition) is 3. The Labute approximate surface area is 107 Å². The van der Waals surface area contributed by atoms with Crippen molar-refractivity contribution in [2.24, 2.45) is 5.73 Å². The predicted molar refractivity (Wildman–Crippen MR) is 71.6 cm³/mol. The highest BCUT2D eigenvalue weighted by molar-refractivity contribution is 6.30. The number of aliphatic hydroxyl groups is 1. The van der Waals surface area contributed by atoms with E-state index in [1.165, 1.54) is 0 Å². The summed E-state index contributed by atoms with van der Waals surface area (Å²) in [5.41, 5.74) is 8.00. The molecule has 0 radical (unpaired) electrons. The zero-order valence-electron chi connectivity index (χ0n) is 10.1. The van der Waals surface area contributed by atoms with Crippen LogP contribution in [0, 0.1) is 6.92 Å². The summed E-state index contributed by atoms with van der Waals surface area (Å²) in [6.07, 6.45) is 1.89. The van der Waals surface area contributed by atoms with Crippen molar-refractivity contribution in [3.05, 3.63) is 28.8 Å². The summed E-state index contributed by atoms with van der Waals surface area (Å²) in [6, 6.07) is 5.89. The average molecular weight is 255 g/mol. The molecular formula is C13H19ClN2O. The molecule has 1 aliphatic heterocycles. The molecule has 1 aliphatic rings. The lowest BCUT2D eigenvalue weighted by Gasteiger charge is -2.41.